The van der Waals surface area contributed by atoms with Gasteiger partial charge in [0.05, 0.1) is 0 Å². The van der Waals surface area contributed by atoms with E-state index in [2.05, 4.69) is 12.1 Å². The van der Waals surface area contributed by atoms with Crippen molar-refractivity contribution in [1.29, 1.82) is 0 Å². The highest BCUT2D eigenvalue weighted by atomic mass is 16.1. The number of Topliss-reactive ketones (excluding diaryl/α,β-unsaturated/α-hetero) is 1. The Hall–Kier alpha value is -1.11. The van der Waals surface area contributed by atoms with Gasteiger partial charge in [-0.2, -0.15) is 0 Å². The van der Waals surface area contributed by atoms with Crippen LogP contribution in [0.1, 0.15) is 53.1 Å². The predicted molar refractivity (Wildman–Crippen MR) is 65.1 cm³/mol. The van der Waals surface area contributed by atoms with Crippen molar-refractivity contribution < 1.29 is 4.79 Å². The predicted octanol–water partition coefficient (Wildman–Crippen LogP) is 3.36. The molecule has 1 aromatic rings. The van der Waals surface area contributed by atoms with Crippen LogP contribution in [0.4, 0.5) is 0 Å². The average Bonchev–Trinajstić information content (AvgIpc) is 2.81. The first kappa shape index (κ1) is 8.91. The molecule has 3 saturated carbocycles. The van der Waals surface area contributed by atoms with Gasteiger partial charge in [0.15, 0.2) is 5.78 Å². The van der Waals surface area contributed by atoms with Crippen LogP contribution in [-0.4, -0.2) is 5.78 Å². The zero-order chi connectivity index (χ0) is 11.3. The number of hydrogen-bond donors (Lipinski definition) is 0. The summed E-state index contributed by atoms with van der Waals surface area (Å²) < 4.78 is 0. The number of hydrogen-bond acceptors (Lipinski definition) is 1. The normalized spacial score (nSPS) is 46.9. The maximum atomic E-state index is 11.5. The molecule has 6 atom stereocenters. The number of fused-ring (bicyclic) bond motifs is 7. The molecule has 0 saturated heterocycles. The minimum Gasteiger partial charge on any atom is -0.295 e. The summed E-state index contributed by atoms with van der Waals surface area (Å²) in [5.74, 6) is 5.97. The van der Waals surface area contributed by atoms with Crippen LogP contribution < -0.4 is 0 Å². The summed E-state index contributed by atoms with van der Waals surface area (Å²) in [5.41, 5.74) is 4.07. The Balaban J connectivity index is 1.69. The maximum Gasteiger partial charge on any atom is 0.159 e. The van der Waals surface area contributed by atoms with Gasteiger partial charge < -0.3 is 0 Å². The minimum absolute atomic E-state index is 0.216. The monoisotopic (exact) mass is 224 g/mol. The van der Waals surface area contributed by atoms with Crippen LogP contribution in [0.3, 0.4) is 0 Å². The zero-order valence-corrected chi connectivity index (χ0v) is 10.0. The fourth-order valence-electron chi connectivity index (χ4n) is 5.37. The second kappa shape index (κ2) is 2.50. The van der Waals surface area contributed by atoms with E-state index in [4.69, 9.17) is 0 Å². The fourth-order valence-corrected chi connectivity index (χ4v) is 5.37. The standard InChI is InChI=1S/C16H16O/c1-7(17)8-2-3-11-12(6-8)13-9-4-5-10(9)14-15(11)16(13)14/h2-3,6,9-10,13-16H,4-5H2,1H3/t9-,10+,13+,14-,15+,16+/m1/s1. The number of carbonyl (C=O) groups excluding carboxylic acids is 1. The Morgan fingerprint density at radius 1 is 1.06 bits per heavy atom. The topological polar surface area (TPSA) is 17.1 Å². The van der Waals surface area contributed by atoms with Crippen LogP contribution in [0.2, 0.25) is 0 Å². The van der Waals surface area contributed by atoms with E-state index in [1.54, 1.807) is 18.1 Å². The first-order valence-electron chi connectivity index (χ1n) is 6.92. The Bertz CT molecular complexity index is 559. The molecule has 5 rings (SSSR count). The molecule has 0 bridgehead atoms. The van der Waals surface area contributed by atoms with Crippen LogP contribution >= 0.6 is 0 Å². The summed E-state index contributed by atoms with van der Waals surface area (Å²) in [6.45, 7) is 1.68. The molecule has 1 heteroatoms. The molecule has 4 aliphatic carbocycles. The maximum absolute atomic E-state index is 11.5. The molecule has 0 radical (unpaired) electrons. The number of benzene rings is 1. The Labute approximate surface area is 101 Å². The van der Waals surface area contributed by atoms with Gasteiger partial charge in [-0.1, -0.05) is 12.1 Å². The van der Waals surface area contributed by atoms with Gasteiger partial charge in [-0.05, 0) is 72.5 Å². The molecule has 1 nitrogen and oxygen atoms in total. The number of carbonyl (C=O) groups is 1. The quantitative estimate of drug-likeness (QED) is 0.668. The number of rotatable bonds is 1. The summed E-state index contributed by atoms with van der Waals surface area (Å²) in [5, 5.41) is 0. The Morgan fingerprint density at radius 3 is 2.59 bits per heavy atom. The van der Waals surface area contributed by atoms with Crippen LogP contribution in [0.25, 0.3) is 0 Å². The van der Waals surface area contributed by atoms with E-state index < -0.39 is 0 Å². The highest BCUT2D eigenvalue weighted by Gasteiger charge is 2.73. The van der Waals surface area contributed by atoms with Crippen molar-refractivity contribution >= 4 is 5.78 Å². The lowest BCUT2D eigenvalue weighted by atomic mass is 9.69. The molecular formula is C16H16O. The van der Waals surface area contributed by atoms with Crippen molar-refractivity contribution in [2.75, 3.05) is 0 Å². The summed E-state index contributed by atoms with van der Waals surface area (Å²) in [6, 6.07) is 6.52. The molecule has 0 amide bonds. The lowest BCUT2D eigenvalue weighted by Crippen LogP contribution is -2.26. The molecule has 4 aliphatic rings. The second-order valence-corrected chi connectivity index (χ2v) is 6.51. The lowest BCUT2D eigenvalue weighted by Gasteiger charge is -2.36. The summed E-state index contributed by atoms with van der Waals surface area (Å²) in [4.78, 5) is 11.5. The van der Waals surface area contributed by atoms with Crippen LogP contribution in [-0.2, 0) is 0 Å². The van der Waals surface area contributed by atoms with Gasteiger partial charge in [-0.3, -0.25) is 4.79 Å². The lowest BCUT2D eigenvalue weighted by molar-refractivity contribution is 0.101. The molecule has 1 aromatic carbocycles. The van der Waals surface area contributed by atoms with Gasteiger partial charge in [0.2, 0.25) is 0 Å². The smallest absolute Gasteiger partial charge is 0.159 e. The van der Waals surface area contributed by atoms with Crippen LogP contribution in [0, 0.1) is 23.7 Å². The third-order valence-corrected chi connectivity index (χ3v) is 6.10. The molecule has 0 heterocycles. The summed E-state index contributed by atoms with van der Waals surface area (Å²) >= 11 is 0. The third-order valence-electron chi connectivity index (χ3n) is 6.10. The van der Waals surface area contributed by atoms with Crippen molar-refractivity contribution in [2.45, 2.75) is 31.6 Å². The van der Waals surface area contributed by atoms with Crippen LogP contribution in [0.5, 0.6) is 0 Å². The van der Waals surface area contributed by atoms with E-state index in [1.165, 1.54) is 12.8 Å². The van der Waals surface area contributed by atoms with Gasteiger partial charge in [-0.25, -0.2) is 0 Å². The summed E-state index contributed by atoms with van der Waals surface area (Å²) in [7, 11) is 0. The highest BCUT2D eigenvalue weighted by Crippen LogP contribution is 2.81. The van der Waals surface area contributed by atoms with Crippen molar-refractivity contribution in [3.05, 3.63) is 34.9 Å². The molecule has 0 unspecified atom stereocenters. The first-order valence-corrected chi connectivity index (χ1v) is 6.92. The van der Waals surface area contributed by atoms with Gasteiger partial charge in [-0.15, -0.1) is 0 Å². The van der Waals surface area contributed by atoms with Crippen molar-refractivity contribution in [2.24, 2.45) is 23.7 Å². The number of ketones is 1. The highest BCUT2D eigenvalue weighted by molar-refractivity contribution is 5.94. The van der Waals surface area contributed by atoms with Crippen molar-refractivity contribution in [3.8, 4) is 0 Å². The molecule has 17 heavy (non-hydrogen) atoms. The van der Waals surface area contributed by atoms with Crippen molar-refractivity contribution in [1.82, 2.24) is 0 Å². The molecule has 0 spiro atoms. The molecule has 0 aliphatic heterocycles. The van der Waals surface area contributed by atoms with E-state index in [0.29, 0.717) is 0 Å². The first-order chi connectivity index (χ1) is 8.27. The van der Waals surface area contributed by atoms with Gasteiger partial charge in [0, 0.05) is 5.56 Å². The molecule has 86 valence electrons. The van der Waals surface area contributed by atoms with E-state index in [0.717, 1.165) is 41.1 Å². The Kier molecular flexibility index (Phi) is 1.31. The molecule has 3 fully saturated rings. The third kappa shape index (κ3) is 0.821. The van der Waals surface area contributed by atoms with E-state index in [9.17, 15) is 4.79 Å². The molecule has 0 N–H and O–H groups in total. The van der Waals surface area contributed by atoms with E-state index in [1.807, 2.05) is 6.07 Å². The SMILES string of the molecule is CC(=O)c1ccc2c(c1)[C@@H]1[C@@H]3CC[C@@H]3[C@@H]3[C@H]2[C@@H]13. The largest absolute Gasteiger partial charge is 0.295 e. The van der Waals surface area contributed by atoms with Gasteiger partial charge >= 0.3 is 0 Å². The fraction of sp³-hybridized carbons (Fsp3) is 0.562. The second-order valence-electron chi connectivity index (χ2n) is 6.51. The molecule has 0 aromatic heterocycles. The van der Waals surface area contributed by atoms with E-state index in [-0.39, 0.29) is 5.78 Å². The van der Waals surface area contributed by atoms with Crippen molar-refractivity contribution in [3.63, 3.8) is 0 Å². The average molecular weight is 224 g/mol. The van der Waals surface area contributed by atoms with Gasteiger partial charge in [0.1, 0.15) is 0 Å². The summed E-state index contributed by atoms with van der Waals surface area (Å²) in [6.07, 6.45) is 2.92. The van der Waals surface area contributed by atoms with Gasteiger partial charge in [0.25, 0.3) is 0 Å². The van der Waals surface area contributed by atoms with Crippen LogP contribution in [0.15, 0.2) is 18.2 Å². The Morgan fingerprint density at radius 2 is 1.88 bits per heavy atom. The molecular weight excluding hydrogens is 208 g/mol. The minimum atomic E-state index is 0.216. The zero-order valence-electron chi connectivity index (χ0n) is 10.0. The van der Waals surface area contributed by atoms with E-state index >= 15 is 0 Å².